The van der Waals surface area contributed by atoms with Crippen molar-refractivity contribution in [1.82, 2.24) is 16.0 Å². The first-order valence-electron chi connectivity index (χ1n) is 17.0. The monoisotopic (exact) mass is 708 g/mol. The molecule has 2 aromatic carbocycles. The Balaban J connectivity index is 1.83. The fraction of sp³-hybridized carbons (Fsp3) is 0.571. The van der Waals surface area contributed by atoms with Crippen LogP contribution >= 0.6 is 0 Å². The molecule has 0 saturated carbocycles. The highest BCUT2D eigenvalue weighted by Gasteiger charge is 2.36. The highest BCUT2D eigenvalue weighted by molar-refractivity contribution is 7.92. The fourth-order valence-corrected chi connectivity index (χ4v) is 7.96. The molecule has 0 aliphatic carbocycles. The van der Waals surface area contributed by atoms with Crippen molar-refractivity contribution in [2.75, 3.05) is 18.9 Å². The maximum absolute atomic E-state index is 14.0. The molecule has 14 heteroatoms. The number of hydrogen-bond acceptors (Lipinski definition) is 9. The predicted molar refractivity (Wildman–Crippen MR) is 182 cm³/mol. The van der Waals surface area contributed by atoms with Gasteiger partial charge in [0.2, 0.25) is 5.91 Å². The number of hydrogen-bond donors (Lipinski definition) is 4. The Hall–Kier alpha value is -3.62. The molecular formula is C35H50F2N4O7S. The van der Waals surface area contributed by atoms with E-state index in [1.54, 1.807) is 0 Å². The molecule has 1 aliphatic rings. The number of aryl methyl sites for hydroxylation is 1. The van der Waals surface area contributed by atoms with Gasteiger partial charge in [0.05, 0.1) is 17.0 Å². The first-order valence-corrected chi connectivity index (χ1v) is 18.7. The van der Waals surface area contributed by atoms with E-state index in [1.165, 1.54) is 0 Å². The lowest BCUT2D eigenvalue weighted by molar-refractivity contribution is -0.151. The summed E-state index contributed by atoms with van der Waals surface area (Å²) in [5, 5.41) is 7.51. The van der Waals surface area contributed by atoms with Crippen LogP contribution in [0.1, 0.15) is 76.0 Å². The molecule has 0 spiro atoms. The van der Waals surface area contributed by atoms with E-state index in [2.05, 4.69) is 16.0 Å². The van der Waals surface area contributed by atoms with Gasteiger partial charge in [0.25, 0.3) is 0 Å². The minimum Gasteiger partial charge on any atom is -0.458 e. The molecule has 1 unspecified atom stereocenters. The van der Waals surface area contributed by atoms with Crippen molar-refractivity contribution in [1.29, 1.82) is 0 Å². The van der Waals surface area contributed by atoms with E-state index < -0.39 is 68.8 Å². The standard InChI is InChI=1S/C35H50F2N4O7S/c1-4-8-29(9-5-2)49(45,46)22-31(41-35(44)47-21-28-12-13-33(42)40-28)34(43)48-32(20-39-19-24-11-7-10-23(6-3)14-24)30(38)17-25-15-26(36)18-27(37)16-25/h7,10-11,14-16,18,28-32,39H,4-6,8-9,12-13,17,19-22,38H2,1-3H3,(H,40,42)(H,41,44)/t28-,30+,31?,32-/m1/s1. The molecule has 272 valence electrons. The van der Waals surface area contributed by atoms with Crippen LogP contribution in [0.2, 0.25) is 0 Å². The highest BCUT2D eigenvalue weighted by atomic mass is 32.2. The molecule has 2 amide bonds. The third-order valence-electron chi connectivity index (χ3n) is 8.42. The van der Waals surface area contributed by atoms with Crippen molar-refractivity contribution >= 4 is 27.8 Å². The number of benzene rings is 2. The van der Waals surface area contributed by atoms with E-state index in [9.17, 15) is 31.6 Å². The number of esters is 1. The van der Waals surface area contributed by atoms with Crippen LogP contribution in [0.3, 0.4) is 0 Å². The van der Waals surface area contributed by atoms with Gasteiger partial charge in [-0.2, -0.15) is 0 Å². The molecule has 5 N–H and O–H groups in total. The second kappa shape index (κ2) is 19.5. The maximum Gasteiger partial charge on any atom is 0.407 e. The molecule has 11 nitrogen and oxygen atoms in total. The molecular weight excluding hydrogens is 658 g/mol. The highest BCUT2D eigenvalue weighted by Crippen LogP contribution is 2.19. The second-order valence-electron chi connectivity index (χ2n) is 12.6. The van der Waals surface area contributed by atoms with Crippen LogP contribution in [0.15, 0.2) is 42.5 Å². The molecule has 49 heavy (non-hydrogen) atoms. The molecule has 1 saturated heterocycles. The van der Waals surface area contributed by atoms with Gasteiger partial charge in [-0.3, -0.25) is 4.79 Å². The van der Waals surface area contributed by atoms with E-state index >= 15 is 0 Å². The molecule has 2 aromatic rings. The normalized spacial score (nSPS) is 16.6. The SMILES string of the molecule is CCCC(CCC)S(=O)(=O)CC(NC(=O)OC[C@H]1CCC(=O)N1)C(=O)O[C@H](CNCc1cccc(CC)c1)[C@@H](N)Cc1cc(F)cc(F)c1. The minimum absolute atomic E-state index is 0.0145. The predicted octanol–water partition coefficient (Wildman–Crippen LogP) is 3.86. The lowest BCUT2D eigenvalue weighted by Crippen LogP contribution is -2.52. The Kier molecular flexibility index (Phi) is 15.9. The number of halogens is 2. The van der Waals surface area contributed by atoms with Crippen molar-refractivity contribution < 1.29 is 41.1 Å². The summed E-state index contributed by atoms with van der Waals surface area (Å²) in [6, 6.07) is 7.88. The Morgan fingerprint density at radius 1 is 1.02 bits per heavy atom. The number of ether oxygens (including phenoxy) is 2. The van der Waals surface area contributed by atoms with Crippen LogP contribution in [0, 0.1) is 11.6 Å². The van der Waals surface area contributed by atoms with Gasteiger partial charge in [-0.25, -0.2) is 26.8 Å². The van der Waals surface area contributed by atoms with E-state index in [1.807, 2.05) is 45.0 Å². The average molecular weight is 709 g/mol. The number of sulfone groups is 1. The van der Waals surface area contributed by atoms with Crippen LogP contribution in [0.4, 0.5) is 13.6 Å². The van der Waals surface area contributed by atoms with Crippen LogP contribution in [-0.2, 0) is 48.3 Å². The Bertz CT molecular complexity index is 1480. The molecule has 1 fully saturated rings. The smallest absolute Gasteiger partial charge is 0.407 e. The van der Waals surface area contributed by atoms with Crippen LogP contribution < -0.4 is 21.7 Å². The van der Waals surface area contributed by atoms with Crippen LogP contribution in [-0.4, -0.2) is 74.8 Å². The second-order valence-corrected chi connectivity index (χ2v) is 14.9. The summed E-state index contributed by atoms with van der Waals surface area (Å²) in [5.41, 5.74) is 8.82. The summed E-state index contributed by atoms with van der Waals surface area (Å²) >= 11 is 0. The molecule has 0 bridgehead atoms. The lowest BCUT2D eigenvalue weighted by atomic mass is 10.0. The van der Waals surface area contributed by atoms with Crippen molar-refractivity contribution in [2.45, 2.75) is 108 Å². The molecule has 0 radical (unpaired) electrons. The summed E-state index contributed by atoms with van der Waals surface area (Å²) < 4.78 is 66.1. The van der Waals surface area contributed by atoms with E-state index in [0.29, 0.717) is 45.1 Å². The number of amides is 2. The first-order chi connectivity index (χ1) is 23.3. The third kappa shape index (κ3) is 13.3. The zero-order valence-electron chi connectivity index (χ0n) is 28.5. The third-order valence-corrected chi connectivity index (χ3v) is 10.7. The van der Waals surface area contributed by atoms with Crippen molar-refractivity contribution in [3.63, 3.8) is 0 Å². The number of rotatable bonds is 20. The quantitative estimate of drug-likeness (QED) is 0.150. The summed E-state index contributed by atoms with van der Waals surface area (Å²) in [7, 11) is -3.91. The number of nitrogens with one attached hydrogen (secondary N) is 3. The fourth-order valence-electron chi connectivity index (χ4n) is 5.81. The summed E-state index contributed by atoms with van der Waals surface area (Å²) in [5.74, 6) is -3.54. The Morgan fingerprint density at radius 2 is 1.69 bits per heavy atom. The molecule has 1 aliphatic heterocycles. The Morgan fingerprint density at radius 3 is 2.31 bits per heavy atom. The van der Waals surface area contributed by atoms with Gasteiger partial charge in [0, 0.05) is 31.6 Å². The largest absolute Gasteiger partial charge is 0.458 e. The van der Waals surface area contributed by atoms with Crippen molar-refractivity contribution in [2.24, 2.45) is 5.73 Å². The van der Waals surface area contributed by atoms with Gasteiger partial charge in [-0.1, -0.05) is 57.9 Å². The molecule has 1 heterocycles. The van der Waals surface area contributed by atoms with Crippen molar-refractivity contribution in [3.8, 4) is 0 Å². The Labute approximate surface area is 288 Å². The van der Waals surface area contributed by atoms with Gasteiger partial charge >= 0.3 is 12.1 Å². The average Bonchev–Trinajstić information content (AvgIpc) is 3.47. The zero-order valence-corrected chi connectivity index (χ0v) is 29.3. The van der Waals surface area contributed by atoms with E-state index in [-0.39, 0.29) is 31.0 Å². The number of carbonyl (C=O) groups is 3. The molecule has 3 rings (SSSR count). The minimum atomic E-state index is -3.91. The van der Waals surface area contributed by atoms with Crippen molar-refractivity contribution in [3.05, 3.63) is 70.8 Å². The van der Waals surface area contributed by atoms with Crippen LogP contribution in [0.5, 0.6) is 0 Å². The molecule has 4 atom stereocenters. The van der Waals surface area contributed by atoms with Crippen LogP contribution in [0.25, 0.3) is 0 Å². The summed E-state index contributed by atoms with van der Waals surface area (Å²) in [4.78, 5) is 38.2. The summed E-state index contributed by atoms with van der Waals surface area (Å²) in [6.45, 7) is 6.00. The van der Waals surface area contributed by atoms with Gasteiger partial charge < -0.3 is 31.2 Å². The lowest BCUT2D eigenvalue weighted by Gasteiger charge is -2.28. The number of nitrogens with two attached hydrogens (primary N) is 1. The zero-order chi connectivity index (χ0) is 36.0. The van der Waals surface area contributed by atoms with Gasteiger partial charge in [0.1, 0.15) is 30.4 Å². The van der Waals surface area contributed by atoms with E-state index in [4.69, 9.17) is 15.2 Å². The van der Waals surface area contributed by atoms with Gasteiger partial charge in [0.15, 0.2) is 9.84 Å². The van der Waals surface area contributed by atoms with Gasteiger partial charge in [-0.05, 0) is 60.9 Å². The summed E-state index contributed by atoms with van der Waals surface area (Å²) in [6.07, 6.45) is 1.36. The first kappa shape index (κ1) is 39.8. The van der Waals surface area contributed by atoms with Gasteiger partial charge in [-0.15, -0.1) is 0 Å². The molecule has 0 aromatic heterocycles. The number of carbonyl (C=O) groups excluding carboxylic acids is 3. The number of alkyl carbamates (subject to hydrolysis) is 1. The maximum atomic E-state index is 14.0. The van der Waals surface area contributed by atoms with E-state index in [0.717, 1.165) is 35.7 Å². The topological polar surface area (TPSA) is 166 Å².